The first-order valence-electron chi connectivity index (χ1n) is 7.56. The molecule has 0 spiro atoms. The van der Waals surface area contributed by atoms with Gasteiger partial charge in [0.2, 0.25) is 21.1 Å². The summed E-state index contributed by atoms with van der Waals surface area (Å²) in [5.74, 6) is 0.434. The van der Waals surface area contributed by atoms with Crippen LogP contribution in [0.5, 0.6) is 0 Å². The van der Waals surface area contributed by atoms with Gasteiger partial charge in [0.25, 0.3) is 0 Å². The van der Waals surface area contributed by atoms with Crippen LogP contribution in [-0.4, -0.2) is 35.3 Å². The van der Waals surface area contributed by atoms with Gasteiger partial charge in [0.1, 0.15) is 0 Å². The third-order valence-corrected chi connectivity index (χ3v) is 5.86. The Hall–Kier alpha value is -2.21. The highest BCUT2D eigenvalue weighted by atomic mass is 79.9. The Labute approximate surface area is 168 Å². The Balaban J connectivity index is 1.58. The zero-order chi connectivity index (χ0) is 19.4. The lowest BCUT2D eigenvalue weighted by Crippen LogP contribution is -2.15. The average molecular weight is 468 g/mol. The van der Waals surface area contributed by atoms with Crippen LogP contribution in [0.2, 0.25) is 0 Å². The lowest BCUT2D eigenvalue weighted by molar-refractivity contribution is -0.113. The van der Waals surface area contributed by atoms with Gasteiger partial charge in [-0.3, -0.25) is 9.89 Å². The van der Waals surface area contributed by atoms with Gasteiger partial charge in [0.05, 0.1) is 10.6 Å². The van der Waals surface area contributed by atoms with Crippen LogP contribution in [-0.2, 0) is 14.8 Å². The van der Waals surface area contributed by atoms with E-state index in [0.717, 1.165) is 10.0 Å². The molecule has 2 aromatic carbocycles. The minimum Gasteiger partial charge on any atom is -0.325 e. The number of anilines is 1. The molecule has 140 valence electrons. The SMILES string of the molecule is NS(=O)(=O)c1ccc(NC(=O)CSc2n[nH]c(-c3ccccc3Br)n2)cc1. The topological polar surface area (TPSA) is 131 Å². The monoisotopic (exact) mass is 467 g/mol. The number of nitrogens with one attached hydrogen (secondary N) is 2. The molecule has 0 bridgehead atoms. The standard InChI is InChI=1S/C16H14BrN5O3S2/c17-13-4-2-1-3-12(13)15-20-16(22-21-15)26-9-14(23)19-10-5-7-11(8-6-10)27(18,24)25/h1-8H,9H2,(H,19,23)(H2,18,24,25)(H,20,21,22). The molecule has 27 heavy (non-hydrogen) atoms. The Kier molecular flexibility index (Phi) is 5.95. The number of aromatic nitrogens is 3. The Bertz CT molecular complexity index is 1070. The number of primary sulfonamides is 1. The van der Waals surface area contributed by atoms with Crippen LogP contribution in [0.4, 0.5) is 5.69 Å². The average Bonchev–Trinajstić information content (AvgIpc) is 3.09. The number of rotatable bonds is 6. The van der Waals surface area contributed by atoms with Crippen LogP contribution in [0, 0.1) is 0 Å². The van der Waals surface area contributed by atoms with Crippen LogP contribution in [0.1, 0.15) is 0 Å². The highest BCUT2D eigenvalue weighted by molar-refractivity contribution is 9.10. The van der Waals surface area contributed by atoms with E-state index in [1.165, 1.54) is 36.0 Å². The third kappa shape index (κ3) is 5.16. The van der Waals surface area contributed by atoms with Gasteiger partial charge in [-0.2, -0.15) is 0 Å². The van der Waals surface area contributed by atoms with Crippen LogP contribution in [0.15, 0.2) is 63.1 Å². The molecular formula is C16H14BrN5O3S2. The first-order chi connectivity index (χ1) is 12.8. The van der Waals surface area contributed by atoms with E-state index in [-0.39, 0.29) is 16.6 Å². The fraction of sp³-hybridized carbons (Fsp3) is 0.0625. The summed E-state index contributed by atoms with van der Waals surface area (Å²) in [4.78, 5) is 16.4. The van der Waals surface area contributed by atoms with Crippen molar-refractivity contribution >= 4 is 49.3 Å². The predicted molar refractivity (Wildman–Crippen MR) is 107 cm³/mol. The van der Waals surface area contributed by atoms with Crippen molar-refractivity contribution in [1.29, 1.82) is 0 Å². The lowest BCUT2D eigenvalue weighted by atomic mass is 10.2. The molecule has 0 unspecified atom stereocenters. The first-order valence-corrected chi connectivity index (χ1v) is 10.9. The van der Waals surface area contributed by atoms with Crippen molar-refractivity contribution in [2.45, 2.75) is 10.1 Å². The number of hydrogen-bond acceptors (Lipinski definition) is 6. The summed E-state index contributed by atoms with van der Waals surface area (Å²) in [6.07, 6.45) is 0. The molecule has 1 aromatic heterocycles. The van der Waals surface area contributed by atoms with E-state index in [9.17, 15) is 13.2 Å². The molecule has 0 radical (unpaired) electrons. The van der Waals surface area contributed by atoms with Crippen molar-refractivity contribution in [3.05, 3.63) is 53.0 Å². The lowest BCUT2D eigenvalue weighted by Gasteiger charge is -2.05. The number of nitrogens with zero attached hydrogens (tertiary/aromatic N) is 2. The van der Waals surface area contributed by atoms with Crippen molar-refractivity contribution in [2.75, 3.05) is 11.1 Å². The van der Waals surface area contributed by atoms with Crippen LogP contribution in [0.3, 0.4) is 0 Å². The summed E-state index contributed by atoms with van der Waals surface area (Å²) >= 11 is 4.63. The third-order valence-electron chi connectivity index (χ3n) is 3.39. The Morgan fingerprint density at radius 1 is 1.19 bits per heavy atom. The van der Waals surface area contributed by atoms with Crippen LogP contribution >= 0.6 is 27.7 Å². The molecule has 0 fully saturated rings. The van der Waals surface area contributed by atoms with Crippen LogP contribution in [0.25, 0.3) is 11.4 Å². The number of carbonyl (C=O) groups excluding carboxylic acids is 1. The van der Waals surface area contributed by atoms with Crippen molar-refractivity contribution in [2.24, 2.45) is 5.14 Å². The van der Waals surface area contributed by atoms with Gasteiger partial charge < -0.3 is 5.32 Å². The molecule has 1 amide bonds. The van der Waals surface area contributed by atoms with Crippen molar-refractivity contribution < 1.29 is 13.2 Å². The Morgan fingerprint density at radius 2 is 1.89 bits per heavy atom. The Morgan fingerprint density at radius 3 is 2.56 bits per heavy atom. The summed E-state index contributed by atoms with van der Waals surface area (Å²) in [7, 11) is -3.76. The van der Waals surface area contributed by atoms with Gasteiger partial charge in [0, 0.05) is 15.7 Å². The quantitative estimate of drug-likeness (QED) is 0.477. The van der Waals surface area contributed by atoms with Crippen molar-refractivity contribution in [3.63, 3.8) is 0 Å². The van der Waals surface area contributed by atoms with E-state index >= 15 is 0 Å². The van der Waals surface area contributed by atoms with E-state index in [1.54, 1.807) is 0 Å². The smallest absolute Gasteiger partial charge is 0.238 e. The normalized spacial score (nSPS) is 11.3. The maximum atomic E-state index is 12.1. The van der Waals surface area contributed by atoms with Crippen molar-refractivity contribution in [3.8, 4) is 11.4 Å². The second-order valence-electron chi connectivity index (χ2n) is 5.35. The van der Waals surface area contributed by atoms with Gasteiger partial charge in [-0.25, -0.2) is 18.5 Å². The molecule has 0 atom stereocenters. The minimum absolute atomic E-state index is 0.0183. The molecule has 0 aliphatic heterocycles. The number of halogens is 1. The van der Waals surface area contributed by atoms with E-state index in [1.807, 2.05) is 24.3 Å². The van der Waals surface area contributed by atoms with Crippen molar-refractivity contribution in [1.82, 2.24) is 15.2 Å². The summed E-state index contributed by atoms with van der Waals surface area (Å²) in [5.41, 5.74) is 1.34. The highest BCUT2D eigenvalue weighted by Crippen LogP contribution is 2.26. The second-order valence-corrected chi connectivity index (χ2v) is 8.71. The van der Waals surface area contributed by atoms with Gasteiger partial charge in [0.15, 0.2) is 5.82 Å². The number of aromatic amines is 1. The number of thioether (sulfide) groups is 1. The van der Waals surface area contributed by atoms with Gasteiger partial charge in [-0.1, -0.05) is 45.9 Å². The molecule has 0 saturated heterocycles. The molecule has 4 N–H and O–H groups in total. The number of H-pyrrole nitrogens is 1. The van der Waals surface area contributed by atoms with Gasteiger partial charge in [-0.15, -0.1) is 5.10 Å². The van der Waals surface area contributed by atoms with E-state index in [4.69, 9.17) is 5.14 Å². The molecule has 1 heterocycles. The van der Waals surface area contributed by atoms with E-state index in [2.05, 4.69) is 36.4 Å². The molecule has 3 rings (SSSR count). The molecule has 0 saturated carbocycles. The first kappa shape index (κ1) is 19.5. The molecule has 11 heteroatoms. The number of amides is 1. The molecule has 0 aliphatic rings. The van der Waals surface area contributed by atoms with E-state index in [0.29, 0.717) is 16.7 Å². The number of carbonyl (C=O) groups is 1. The van der Waals surface area contributed by atoms with E-state index < -0.39 is 10.0 Å². The largest absolute Gasteiger partial charge is 0.325 e. The predicted octanol–water partition coefficient (Wildman–Crippen LogP) is 2.61. The highest BCUT2D eigenvalue weighted by Gasteiger charge is 2.12. The van der Waals surface area contributed by atoms with Gasteiger partial charge in [-0.05, 0) is 30.3 Å². The fourth-order valence-corrected chi connectivity index (χ4v) is 3.73. The molecular weight excluding hydrogens is 454 g/mol. The fourth-order valence-electron chi connectivity index (χ4n) is 2.14. The summed E-state index contributed by atoms with van der Waals surface area (Å²) in [6.45, 7) is 0. The second kappa shape index (κ2) is 8.21. The van der Waals surface area contributed by atoms with Crippen LogP contribution < -0.4 is 10.5 Å². The summed E-state index contributed by atoms with van der Waals surface area (Å²) < 4.78 is 23.3. The molecule has 8 nitrogen and oxygen atoms in total. The number of nitrogens with two attached hydrogens (primary N) is 1. The number of benzene rings is 2. The zero-order valence-corrected chi connectivity index (χ0v) is 16.9. The summed E-state index contributed by atoms with van der Waals surface area (Å²) in [5, 5.41) is 15.1. The zero-order valence-electron chi connectivity index (χ0n) is 13.7. The molecule has 3 aromatic rings. The number of sulfonamides is 1. The maximum absolute atomic E-state index is 12.1. The molecule has 0 aliphatic carbocycles. The summed E-state index contributed by atoms with van der Waals surface area (Å²) in [6, 6.07) is 13.2. The minimum atomic E-state index is -3.76. The number of hydrogen-bond donors (Lipinski definition) is 3. The van der Waals surface area contributed by atoms with Gasteiger partial charge >= 0.3 is 0 Å². The maximum Gasteiger partial charge on any atom is 0.238 e.